The molecule has 1 aliphatic heterocycles. The van der Waals surface area contributed by atoms with Gasteiger partial charge in [-0.3, -0.25) is 4.79 Å². The molecular formula is C16H18O4. The molecular weight excluding hydrogens is 256 g/mol. The highest BCUT2D eigenvalue weighted by Crippen LogP contribution is 2.41. The molecule has 0 spiro atoms. The van der Waals surface area contributed by atoms with E-state index in [1.807, 2.05) is 44.2 Å². The normalized spacial score (nSPS) is 25.6. The zero-order chi connectivity index (χ0) is 14.8. The molecule has 0 aliphatic carbocycles. The summed E-state index contributed by atoms with van der Waals surface area (Å²) >= 11 is 0. The first kappa shape index (κ1) is 14.3. The van der Waals surface area contributed by atoms with Gasteiger partial charge in [0.1, 0.15) is 0 Å². The minimum Gasteiger partial charge on any atom is -0.463 e. The van der Waals surface area contributed by atoms with E-state index in [9.17, 15) is 9.59 Å². The van der Waals surface area contributed by atoms with Gasteiger partial charge in [-0.2, -0.15) is 0 Å². The number of hydrogen-bond acceptors (Lipinski definition) is 4. The Morgan fingerprint density at radius 1 is 1.35 bits per heavy atom. The average Bonchev–Trinajstić information content (AvgIpc) is 2.47. The first-order valence-electron chi connectivity index (χ1n) is 6.64. The van der Waals surface area contributed by atoms with Gasteiger partial charge in [0.15, 0.2) is 0 Å². The van der Waals surface area contributed by atoms with E-state index in [-0.39, 0.29) is 11.7 Å². The second kappa shape index (κ2) is 5.49. The Balaban J connectivity index is 2.49. The molecule has 0 fully saturated rings. The maximum atomic E-state index is 12.5. The Morgan fingerprint density at radius 3 is 2.50 bits per heavy atom. The van der Waals surface area contributed by atoms with Crippen molar-refractivity contribution in [2.75, 3.05) is 7.11 Å². The van der Waals surface area contributed by atoms with Crippen molar-refractivity contribution in [3.8, 4) is 0 Å². The SMILES string of the molecule is CC[C@@]1(c2ccccc2)C(=O)OC(C(=O)OC)=C[C@H]1C. The summed E-state index contributed by atoms with van der Waals surface area (Å²) < 4.78 is 9.83. The lowest BCUT2D eigenvalue weighted by Gasteiger charge is -2.38. The number of esters is 2. The van der Waals surface area contributed by atoms with Gasteiger partial charge in [-0.15, -0.1) is 0 Å². The van der Waals surface area contributed by atoms with Gasteiger partial charge < -0.3 is 9.47 Å². The smallest absolute Gasteiger partial charge is 0.373 e. The molecule has 0 aromatic heterocycles. The highest BCUT2D eigenvalue weighted by atomic mass is 16.6. The van der Waals surface area contributed by atoms with Crippen LogP contribution in [0.3, 0.4) is 0 Å². The second-order valence-corrected chi connectivity index (χ2v) is 4.89. The first-order valence-corrected chi connectivity index (χ1v) is 6.64. The number of allylic oxidation sites excluding steroid dienone is 1. The molecule has 0 amide bonds. The fourth-order valence-corrected chi connectivity index (χ4v) is 2.78. The fraction of sp³-hybridized carbons (Fsp3) is 0.375. The molecule has 4 nitrogen and oxygen atoms in total. The van der Waals surface area contributed by atoms with Crippen LogP contribution in [0.2, 0.25) is 0 Å². The summed E-state index contributed by atoms with van der Waals surface area (Å²) in [6.07, 6.45) is 2.27. The van der Waals surface area contributed by atoms with Gasteiger partial charge in [0.25, 0.3) is 0 Å². The molecule has 1 aromatic rings. The zero-order valence-electron chi connectivity index (χ0n) is 11.9. The molecule has 1 aliphatic rings. The standard InChI is InChI=1S/C16H18O4/c1-4-16(12-8-6-5-7-9-12)11(2)10-13(14(17)19-3)20-15(16)18/h5-11H,4H2,1-3H3/t11-,16-/m1/s1. The third-order valence-electron chi connectivity index (χ3n) is 3.98. The van der Waals surface area contributed by atoms with Crippen LogP contribution in [0, 0.1) is 5.92 Å². The summed E-state index contributed by atoms with van der Waals surface area (Å²) in [4.78, 5) is 24.0. The van der Waals surface area contributed by atoms with Crippen molar-refractivity contribution in [2.45, 2.75) is 25.7 Å². The van der Waals surface area contributed by atoms with E-state index in [0.717, 1.165) is 5.56 Å². The molecule has 106 valence electrons. The van der Waals surface area contributed by atoms with E-state index in [0.29, 0.717) is 6.42 Å². The quantitative estimate of drug-likeness (QED) is 0.795. The maximum absolute atomic E-state index is 12.5. The monoisotopic (exact) mass is 274 g/mol. The Kier molecular flexibility index (Phi) is 3.93. The van der Waals surface area contributed by atoms with Crippen molar-refractivity contribution < 1.29 is 19.1 Å². The van der Waals surface area contributed by atoms with Crippen molar-refractivity contribution in [3.63, 3.8) is 0 Å². The largest absolute Gasteiger partial charge is 0.463 e. The van der Waals surface area contributed by atoms with Crippen molar-refractivity contribution in [1.29, 1.82) is 0 Å². The Labute approximate surface area is 118 Å². The average molecular weight is 274 g/mol. The summed E-state index contributed by atoms with van der Waals surface area (Å²) in [6, 6.07) is 9.52. The minimum absolute atomic E-state index is 0.0231. The number of rotatable bonds is 3. The molecule has 0 unspecified atom stereocenters. The van der Waals surface area contributed by atoms with Crippen LogP contribution in [-0.4, -0.2) is 19.0 Å². The fourth-order valence-electron chi connectivity index (χ4n) is 2.78. The Morgan fingerprint density at radius 2 is 2.00 bits per heavy atom. The van der Waals surface area contributed by atoms with Crippen LogP contribution in [0.5, 0.6) is 0 Å². The molecule has 2 rings (SSSR count). The maximum Gasteiger partial charge on any atom is 0.373 e. The summed E-state index contributed by atoms with van der Waals surface area (Å²) in [5, 5.41) is 0. The number of carbonyl (C=O) groups excluding carboxylic acids is 2. The molecule has 0 bridgehead atoms. The molecule has 0 saturated heterocycles. The van der Waals surface area contributed by atoms with E-state index in [2.05, 4.69) is 4.74 Å². The van der Waals surface area contributed by atoms with Crippen LogP contribution >= 0.6 is 0 Å². The number of carbonyl (C=O) groups is 2. The molecule has 1 aromatic carbocycles. The van der Waals surface area contributed by atoms with Crippen LogP contribution in [0.1, 0.15) is 25.8 Å². The number of methoxy groups -OCH3 is 1. The van der Waals surface area contributed by atoms with Crippen molar-refractivity contribution in [3.05, 3.63) is 47.7 Å². The summed E-state index contributed by atoms with van der Waals surface area (Å²) in [5.41, 5.74) is 0.152. The zero-order valence-corrected chi connectivity index (χ0v) is 11.9. The minimum atomic E-state index is -0.751. The topological polar surface area (TPSA) is 52.6 Å². The van der Waals surface area contributed by atoms with Crippen LogP contribution in [0.25, 0.3) is 0 Å². The lowest BCUT2D eigenvalue weighted by Crippen LogP contribution is -2.45. The van der Waals surface area contributed by atoms with Crippen LogP contribution in [0.4, 0.5) is 0 Å². The van der Waals surface area contributed by atoms with Gasteiger partial charge in [-0.25, -0.2) is 4.79 Å². The number of cyclic esters (lactones) is 1. The van der Waals surface area contributed by atoms with Gasteiger partial charge in [0, 0.05) is 0 Å². The van der Waals surface area contributed by atoms with E-state index < -0.39 is 17.4 Å². The van der Waals surface area contributed by atoms with Crippen LogP contribution < -0.4 is 0 Å². The van der Waals surface area contributed by atoms with Gasteiger partial charge in [-0.05, 0) is 24.0 Å². The highest BCUT2D eigenvalue weighted by molar-refractivity contribution is 5.94. The van der Waals surface area contributed by atoms with Crippen LogP contribution in [-0.2, 0) is 24.5 Å². The molecule has 0 saturated carbocycles. The lowest BCUT2D eigenvalue weighted by molar-refractivity contribution is -0.157. The van der Waals surface area contributed by atoms with Gasteiger partial charge >= 0.3 is 11.9 Å². The number of ether oxygens (including phenoxy) is 2. The molecule has 0 radical (unpaired) electrons. The summed E-state index contributed by atoms with van der Waals surface area (Å²) in [5.74, 6) is -1.19. The van der Waals surface area contributed by atoms with E-state index in [4.69, 9.17) is 4.74 Å². The third kappa shape index (κ3) is 2.11. The van der Waals surface area contributed by atoms with E-state index in [1.165, 1.54) is 7.11 Å². The van der Waals surface area contributed by atoms with Crippen molar-refractivity contribution in [1.82, 2.24) is 0 Å². The molecule has 20 heavy (non-hydrogen) atoms. The molecule has 4 heteroatoms. The first-order chi connectivity index (χ1) is 9.56. The summed E-state index contributed by atoms with van der Waals surface area (Å²) in [7, 11) is 1.26. The summed E-state index contributed by atoms with van der Waals surface area (Å²) in [6.45, 7) is 3.86. The lowest BCUT2D eigenvalue weighted by atomic mass is 9.68. The number of benzene rings is 1. The van der Waals surface area contributed by atoms with E-state index in [1.54, 1.807) is 6.08 Å². The molecule has 0 N–H and O–H groups in total. The molecule has 1 heterocycles. The Bertz CT molecular complexity index is 547. The van der Waals surface area contributed by atoms with Crippen molar-refractivity contribution in [2.24, 2.45) is 5.92 Å². The third-order valence-corrected chi connectivity index (χ3v) is 3.98. The Hall–Kier alpha value is -2.10. The predicted octanol–water partition coefficient (Wildman–Crippen LogP) is 2.58. The predicted molar refractivity (Wildman–Crippen MR) is 73.8 cm³/mol. The highest BCUT2D eigenvalue weighted by Gasteiger charge is 2.48. The van der Waals surface area contributed by atoms with Crippen LogP contribution in [0.15, 0.2) is 42.2 Å². The second-order valence-electron chi connectivity index (χ2n) is 4.89. The number of hydrogen-bond donors (Lipinski definition) is 0. The van der Waals surface area contributed by atoms with Gasteiger partial charge in [0.05, 0.1) is 12.5 Å². The van der Waals surface area contributed by atoms with E-state index >= 15 is 0 Å². The van der Waals surface area contributed by atoms with Crippen molar-refractivity contribution >= 4 is 11.9 Å². The molecule has 2 atom stereocenters. The van der Waals surface area contributed by atoms with Gasteiger partial charge in [-0.1, -0.05) is 44.2 Å². The van der Waals surface area contributed by atoms with Gasteiger partial charge in [0.2, 0.25) is 5.76 Å².